The second-order valence-corrected chi connectivity index (χ2v) is 4.88. The van der Waals surface area contributed by atoms with Gasteiger partial charge in [0, 0.05) is 24.2 Å². The van der Waals surface area contributed by atoms with Gasteiger partial charge in [0.05, 0.1) is 20.3 Å². The Morgan fingerprint density at radius 2 is 2.10 bits per heavy atom. The van der Waals surface area contributed by atoms with Crippen LogP contribution in [0.4, 0.5) is 0 Å². The van der Waals surface area contributed by atoms with Crippen LogP contribution in [-0.4, -0.2) is 17.1 Å². The molecule has 2 N–H and O–H groups in total. The molecule has 1 unspecified atom stereocenters. The molecule has 0 amide bonds. The van der Waals surface area contributed by atoms with Gasteiger partial charge in [-0.25, -0.2) is 9.97 Å². The molecular formula is C15H17N3O2. The molecule has 0 saturated heterocycles. The van der Waals surface area contributed by atoms with Gasteiger partial charge in [-0.15, -0.1) is 0 Å². The summed E-state index contributed by atoms with van der Waals surface area (Å²) >= 11 is 0. The van der Waals surface area contributed by atoms with E-state index in [4.69, 9.17) is 15.2 Å². The molecule has 0 fully saturated rings. The summed E-state index contributed by atoms with van der Waals surface area (Å²) in [6, 6.07) is 8.01. The Labute approximate surface area is 117 Å². The number of methoxy groups -OCH3 is 1. The Morgan fingerprint density at radius 3 is 2.95 bits per heavy atom. The topological polar surface area (TPSA) is 70.3 Å². The van der Waals surface area contributed by atoms with Gasteiger partial charge in [0.1, 0.15) is 6.33 Å². The summed E-state index contributed by atoms with van der Waals surface area (Å²) in [6.45, 7) is 1.38. The van der Waals surface area contributed by atoms with Gasteiger partial charge < -0.3 is 15.2 Å². The van der Waals surface area contributed by atoms with Gasteiger partial charge >= 0.3 is 0 Å². The highest BCUT2D eigenvalue weighted by Gasteiger charge is 2.15. The number of fused-ring (bicyclic) bond motifs is 1. The number of nitrogens with two attached hydrogens (primary N) is 1. The Bertz CT molecular complexity index is 616. The van der Waals surface area contributed by atoms with E-state index in [-0.39, 0.29) is 6.04 Å². The molecule has 0 bridgehead atoms. The van der Waals surface area contributed by atoms with E-state index >= 15 is 0 Å². The molecule has 0 spiro atoms. The van der Waals surface area contributed by atoms with Crippen LogP contribution in [0.25, 0.3) is 0 Å². The van der Waals surface area contributed by atoms with E-state index in [9.17, 15) is 0 Å². The van der Waals surface area contributed by atoms with E-state index < -0.39 is 0 Å². The van der Waals surface area contributed by atoms with Crippen LogP contribution in [-0.2, 0) is 24.4 Å². The van der Waals surface area contributed by atoms with Crippen molar-refractivity contribution in [3.8, 4) is 5.88 Å². The number of nitrogens with zero attached hydrogens (tertiary/aromatic N) is 2. The summed E-state index contributed by atoms with van der Waals surface area (Å²) in [4.78, 5) is 8.22. The lowest BCUT2D eigenvalue weighted by molar-refractivity contribution is 0.134. The molecule has 2 aromatic rings. The van der Waals surface area contributed by atoms with Gasteiger partial charge in [-0.3, -0.25) is 0 Å². The maximum atomic E-state index is 6.27. The smallest absolute Gasteiger partial charge is 0.216 e. The van der Waals surface area contributed by atoms with Crippen molar-refractivity contribution < 1.29 is 9.47 Å². The van der Waals surface area contributed by atoms with E-state index in [1.54, 1.807) is 7.11 Å². The van der Waals surface area contributed by atoms with Gasteiger partial charge in [-0.05, 0) is 16.7 Å². The average molecular weight is 271 g/mol. The van der Waals surface area contributed by atoms with Crippen molar-refractivity contribution in [2.75, 3.05) is 7.11 Å². The van der Waals surface area contributed by atoms with Crippen LogP contribution in [0.3, 0.4) is 0 Å². The number of aromatic nitrogens is 2. The predicted octanol–water partition coefficient (Wildman–Crippen LogP) is 1.76. The summed E-state index contributed by atoms with van der Waals surface area (Å²) < 4.78 is 10.5. The molecule has 104 valence electrons. The third-order valence-electron chi connectivity index (χ3n) is 3.51. The lowest BCUT2D eigenvalue weighted by Crippen LogP contribution is -2.14. The van der Waals surface area contributed by atoms with Crippen molar-refractivity contribution >= 4 is 0 Å². The summed E-state index contributed by atoms with van der Waals surface area (Å²) in [5.74, 6) is 0.560. The Kier molecular flexibility index (Phi) is 3.62. The van der Waals surface area contributed by atoms with Crippen molar-refractivity contribution in [2.45, 2.75) is 25.7 Å². The third-order valence-corrected chi connectivity index (χ3v) is 3.51. The van der Waals surface area contributed by atoms with Crippen LogP contribution in [0.2, 0.25) is 0 Å². The Balaban J connectivity index is 1.77. The van der Waals surface area contributed by atoms with Crippen LogP contribution >= 0.6 is 0 Å². The lowest BCUT2D eigenvalue weighted by atomic mass is 9.98. The standard InChI is InChI=1S/C15H17N3O2/c1-19-15-6-13(17-9-18-15)5-14(16)10-2-3-11-7-20-8-12(11)4-10/h2-4,6,9,14H,5,7-8,16H2,1H3. The quantitative estimate of drug-likeness (QED) is 0.917. The second-order valence-electron chi connectivity index (χ2n) is 4.88. The molecule has 3 rings (SSSR count). The first kappa shape index (κ1) is 13.0. The fraction of sp³-hybridized carbons (Fsp3) is 0.333. The highest BCUT2D eigenvalue weighted by atomic mass is 16.5. The second kappa shape index (κ2) is 5.56. The highest BCUT2D eigenvalue weighted by Crippen LogP contribution is 2.24. The minimum Gasteiger partial charge on any atom is -0.481 e. The number of rotatable bonds is 4. The molecule has 1 aliphatic rings. The van der Waals surface area contributed by atoms with Gasteiger partial charge in [0.25, 0.3) is 0 Å². The van der Waals surface area contributed by atoms with E-state index in [1.807, 2.05) is 6.07 Å². The van der Waals surface area contributed by atoms with Gasteiger partial charge in [0.2, 0.25) is 5.88 Å². The van der Waals surface area contributed by atoms with Gasteiger partial charge in [0.15, 0.2) is 0 Å². The molecule has 5 nitrogen and oxygen atoms in total. The highest BCUT2D eigenvalue weighted by molar-refractivity contribution is 5.35. The fourth-order valence-corrected chi connectivity index (χ4v) is 2.37. The zero-order valence-electron chi connectivity index (χ0n) is 11.4. The normalized spacial score (nSPS) is 14.9. The maximum Gasteiger partial charge on any atom is 0.216 e. The summed E-state index contributed by atoms with van der Waals surface area (Å²) in [5.41, 5.74) is 10.7. The molecule has 1 aromatic heterocycles. The minimum absolute atomic E-state index is 0.0968. The molecule has 0 radical (unpaired) electrons. The van der Waals surface area contributed by atoms with E-state index in [1.165, 1.54) is 17.5 Å². The molecule has 0 saturated carbocycles. The predicted molar refractivity (Wildman–Crippen MR) is 74.2 cm³/mol. The third kappa shape index (κ3) is 2.64. The van der Waals surface area contributed by atoms with Crippen molar-refractivity contribution in [1.82, 2.24) is 9.97 Å². The molecule has 2 heterocycles. The van der Waals surface area contributed by atoms with E-state index in [0.29, 0.717) is 25.5 Å². The maximum absolute atomic E-state index is 6.27. The molecule has 20 heavy (non-hydrogen) atoms. The molecule has 1 aromatic carbocycles. The molecule has 1 atom stereocenters. The van der Waals surface area contributed by atoms with E-state index in [2.05, 4.69) is 28.2 Å². The number of ether oxygens (including phenoxy) is 2. The molecule has 0 aliphatic carbocycles. The molecular weight excluding hydrogens is 254 g/mol. The van der Waals surface area contributed by atoms with E-state index in [0.717, 1.165) is 11.3 Å². The first-order valence-corrected chi connectivity index (χ1v) is 6.56. The van der Waals surface area contributed by atoms with Crippen LogP contribution < -0.4 is 10.5 Å². The van der Waals surface area contributed by atoms with Crippen molar-refractivity contribution in [1.29, 1.82) is 0 Å². The van der Waals surface area contributed by atoms with Crippen molar-refractivity contribution in [2.24, 2.45) is 5.73 Å². The SMILES string of the molecule is COc1cc(CC(N)c2ccc3c(c2)COC3)ncn1. The van der Waals surface area contributed by atoms with Crippen molar-refractivity contribution in [3.63, 3.8) is 0 Å². The van der Waals surface area contributed by atoms with Crippen LogP contribution in [0, 0.1) is 0 Å². The van der Waals surface area contributed by atoms with Crippen molar-refractivity contribution in [3.05, 3.63) is 53.0 Å². The van der Waals surface area contributed by atoms with Gasteiger partial charge in [-0.2, -0.15) is 0 Å². The largest absolute Gasteiger partial charge is 0.481 e. The first-order valence-electron chi connectivity index (χ1n) is 6.56. The summed E-state index contributed by atoms with van der Waals surface area (Å²) in [6.07, 6.45) is 2.15. The van der Waals surface area contributed by atoms with Crippen LogP contribution in [0.5, 0.6) is 5.88 Å². The van der Waals surface area contributed by atoms with Crippen LogP contribution in [0.1, 0.15) is 28.4 Å². The zero-order chi connectivity index (χ0) is 13.9. The van der Waals surface area contributed by atoms with Crippen LogP contribution in [0.15, 0.2) is 30.6 Å². The number of hydrogen-bond acceptors (Lipinski definition) is 5. The number of benzene rings is 1. The van der Waals surface area contributed by atoms with Gasteiger partial charge in [-0.1, -0.05) is 18.2 Å². The summed E-state index contributed by atoms with van der Waals surface area (Å²) in [7, 11) is 1.59. The molecule has 1 aliphatic heterocycles. The zero-order valence-corrected chi connectivity index (χ0v) is 11.4. The average Bonchev–Trinajstić information content (AvgIpc) is 2.94. The molecule has 5 heteroatoms. The monoisotopic (exact) mass is 271 g/mol. The lowest BCUT2D eigenvalue weighted by Gasteiger charge is -2.13. The fourth-order valence-electron chi connectivity index (χ4n) is 2.37. The Morgan fingerprint density at radius 1 is 1.25 bits per heavy atom. The number of hydrogen-bond donors (Lipinski definition) is 1. The Hall–Kier alpha value is -1.98. The first-order chi connectivity index (χ1) is 9.76. The minimum atomic E-state index is -0.0968. The summed E-state index contributed by atoms with van der Waals surface area (Å²) in [5, 5.41) is 0.